The van der Waals surface area contributed by atoms with Crippen LogP contribution in [0.15, 0.2) is 29.4 Å². The van der Waals surface area contributed by atoms with E-state index < -0.39 is 35.1 Å². The van der Waals surface area contributed by atoms with E-state index in [-0.39, 0.29) is 27.1 Å². The molecule has 2 aromatic rings. The quantitative estimate of drug-likeness (QED) is 0.444. The molecule has 1 unspecified atom stereocenters. The molecule has 30 heavy (non-hydrogen) atoms. The third-order valence-electron chi connectivity index (χ3n) is 4.12. The maximum absolute atomic E-state index is 14.0. The van der Waals surface area contributed by atoms with Gasteiger partial charge in [-0.05, 0) is 39.2 Å². The number of benzene rings is 1. The van der Waals surface area contributed by atoms with Gasteiger partial charge in [0.15, 0.2) is 17.1 Å². The number of rotatable bonds is 2. The first-order valence-corrected chi connectivity index (χ1v) is 9.98. The zero-order valence-electron chi connectivity index (χ0n) is 16.4. The number of allylic oxidation sites excluding steroid dienone is 1. The van der Waals surface area contributed by atoms with Crippen molar-refractivity contribution in [2.45, 2.75) is 38.2 Å². The average molecular weight is 447 g/mol. The summed E-state index contributed by atoms with van der Waals surface area (Å²) >= 11 is 0.846. The molecule has 0 fully saturated rings. The normalized spacial score (nSPS) is 17.4. The van der Waals surface area contributed by atoms with Gasteiger partial charge in [-0.3, -0.25) is 14.5 Å². The van der Waals surface area contributed by atoms with Crippen LogP contribution in [0.4, 0.5) is 26.7 Å². The second-order valence-electron chi connectivity index (χ2n) is 7.43. The van der Waals surface area contributed by atoms with E-state index in [0.29, 0.717) is 0 Å². The van der Waals surface area contributed by atoms with Gasteiger partial charge in [-0.25, -0.2) is 13.6 Å². The van der Waals surface area contributed by atoms with E-state index in [4.69, 9.17) is 4.74 Å². The van der Waals surface area contributed by atoms with E-state index in [1.54, 1.807) is 20.8 Å². The number of thioether (sulfide) groups is 1. The van der Waals surface area contributed by atoms with Crippen LogP contribution in [-0.4, -0.2) is 45.4 Å². The summed E-state index contributed by atoms with van der Waals surface area (Å²) in [5.74, 6) is -2.50. The zero-order chi connectivity index (χ0) is 22.4. The van der Waals surface area contributed by atoms with E-state index in [9.17, 15) is 26.7 Å². The molecular weight excluding hydrogens is 429 g/mol. The monoisotopic (exact) mass is 447 g/mol. The fourth-order valence-electron chi connectivity index (χ4n) is 2.99. The molecule has 0 spiro atoms. The molecule has 1 aromatic carbocycles. The number of carbonyl (C=O) groups is 1. The summed E-state index contributed by atoms with van der Waals surface area (Å²) in [7, 11) is 0. The maximum atomic E-state index is 14.0. The molecule has 0 amide bonds. The molecule has 3 rings (SSSR count). The zero-order valence-corrected chi connectivity index (χ0v) is 17.2. The molecule has 0 N–H and O–H groups in total. The van der Waals surface area contributed by atoms with Gasteiger partial charge in [-0.2, -0.15) is 0 Å². The maximum Gasteiger partial charge on any atom is 0.487 e. The smallest absolute Gasteiger partial charge is 0.443 e. The Morgan fingerprint density at radius 1 is 1.17 bits per heavy atom. The molecule has 1 atom stereocenters. The number of hydrogen-bond donors (Lipinski definition) is 0. The second kappa shape index (κ2) is 7.60. The molecule has 11 heteroatoms. The van der Waals surface area contributed by atoms with Crippen LogP contribution in [0.2, 0.25) is 0 Å². The van der Waals surface area contributed by atoms with Gasteiger partial charge in [-0.15, -0.1) is 24.9 Å². The average Bonchev–Trinajstić information content (AvgIpc) is 2.97. The Morgan fingerprint density at radius 2 is 1.80 bits per heavy atom. The molecule has 1 aromatic heterocycles. The Labute approximate surface area is 173 Å². The van der Waals surface area contributed by atoms with E-state index in [0.717, 1.165) is 40.7 Å². The number of hydrogen-bond acceptors (Lipinski definition) is 5. The minimum absolute atomic E-state index is 0.0737. The summed E-state index contributed by atoms with van der Waals surface area (Å²) in [5, 5.41) is -0.0737. The molecule has 1 aliphatic heterocycles. The second-order valence-corrected chi connectivity index (χ2v) is 8.32. The van der Waals surface area contributed by atoms with Crippen LogP contribution in [0.3, 0.4) is 0 Å². The van der Waals surface area contributed by atoms with Gasteiger partial charge in [-0.1, -0.05) is 0 Å². The van der Waals surface area contributed by atoms with Crippen LogP contribution in [0.5, 0.6) is 0 Å². The summed E-state index contributed by atoms with van der Waals surface area (Å²) in [5.41, 5.74) is -2.81. The van der Waals surface area contributed by atoms with E-state index in [1.807, 2.05) is 0 Å². The number of alkyl halides is 3. The van der Waals surface area contributed by atoms with Crippen LogP contribution in [0.25, 0.3) is 16.6 Å². The van der Waals surface area contributed by atoms with Gasteiger partial charge in [0.2, 0.25) is 0 Å². The van der Waals surface area contributed by atoms with Crippen LogP contribution >= 0.6 is 11.8 Å². The Hall–Kier alpha value is -2.56. The Kier molecular flexibility index (Phi) is 5.61. The molecule has 0 aliphatic carbocycles. The van der Waals surface area contributed by atoms with E-state index in [2.05, 4.69) is 4.99 Å². The van der Waals surface area contributed by atoms with Crippen molar-refractivity contribution in [1.82, 2.24) is 9.47 Å². The SMILES string of the molecule is CSC1N=CC=C(c2cn(C(=O)OC(C)(C)C)c3cc(F)c(F)cc23)N1C(F)(F)F. The first-order valence-electron chi connectivity index (χ1n) is 8.69. The summed E-state index contributed by atoms with van der Waals surface area (Å²) in [4.78, 5) is 16.5. The lowest BCUT2D eigenvalue weighted by Crippen LogP contribution is -2.43. The van der Waals surface area contributed by atoms with Gasteiger partial charge in [0.25, 0.3) is 0 Å². The number of halogens is 5. The minimum atomic E-state index is -4.81. The van der Waals surface area contributed by atoms with Crippen molar-refractivity contribution in [2.24, 2.45) is 4.99 Å². The van der Waals surface area contributed by atoms with Crippen molar-refractivity contribution in [3.05, 3.63) is 41.6 Å². The van der Waals surface area contributed by atoms with Crippen molar-refractivity contribution < 1.29 is 31.5 Å². The van der Waals surface area contributed by atoms with E-state index >= 15 is 0 Å². The van der Waals surface area contributed by atoms with Crippen LogP contribution in [0, 0.1) is 11.6 Å². The molecule has 1 aliphatic rings. The molecule has 0 saturated heterocycles. The molecule has 162 valence electrons. The minimum Gasteiger partial charge on any atom is -0.443 e. The summed E-state index contributed by atoms with van der Waals surface area (Å²) in [6, 6.07) is 1.51. The molecule has 0 bridgehead atoms. The number of nitrogens with zero attached hydrogens (tertiary/aromatic N) is 3. The fourth-order valence-corrected chi connectivity index (χ4v) is 3.62. The third-order valence-corrected chi connectivity index (χ3v) is 4.88. The largest absolute Gasteiger partial charge is 0.487 e. The number of aliphatic imine (C=N–C) groups is 1. The molecule has 0 saturated carbocycles. The number of aromatic nitrogens is 1. The fraction of sp³-hybridized carbons (Fsp3) is 0.368. The van der Waals surface area contributed by atoms with Gasteiger partial charge in [0, 0.05) is 29.4 Å². The molecular formula is C19H18F5N3O2S. The third kappa shape index (κ3) is 4.16. The molecule has 0 radical (unpaired) electrons. The first-order chi connectivity index (χ1) is 13.8. The van der Waals surface area contributed by atoms with Crippen LogP contribution in [0.1, 0.15) is 26.3 Å². The molecule has 5 nitrogen and oxygen atoms in total. The van der Waals surface area contributed by atoms with Crippen molar-refractivity contribution in [3.8, 4) is 0 Å². The van der Waals surface area contributed by atoms with Crippen molar-refractivity contribution in [3.63, 3.8) is 0 Å². The van der Waals surface area contributed by atoms with Crippen LogP contribution in [-0.2, 0) is 4.74 Å². The summed E-state index contributed by atoms with van der Waals surface area (Å²) in [6.45, 7) is 4.81. The number of ether oxygens (including phenoxy) is 1. The van der Waals surface area contributed by atoms with Gasteiger partial charge >= 0.3 is 12.4 Å². The Balaban J connectivity index is 2.25. The van der Waals surface area contributed by atoms with Crippen molar-refractivity contribution in [1.29, 1.82) is 0 Å². The highest BCUT2D eigenvalue weighted by Gasteiger charge is 2.45. The van der Waals surface area contributed by atoms with Crippen molar-refractivity contribution >= 4 is 40.7 Å². The standard InChI is InChI=1S/C19H18F5N3O2S/c1-18(2,3)29-17(28)26-9-11(10-7-12(20)13(21)8-15(10)26)14-5-6-25-16(30-4)27(14)19(22,23)24/h5-9,16H,1-4H3. The highest BCUT2D eigenvalue weighted by molar-refractivity contribution is 7.99. The lowest BCUT2D eigenvalue weighted by Gasteiger charge is -2.34. The van der Waals surface area contributed by atoms with Crippen LogP contribution < -0.4 is 0 Å². The lowest BCUT2D eigenvalue weighted by atomic mass is 10.1. The van der Waals surface area contributed by atoms with Gasteiger partial charge in [0.1, 0.15) is 5.60 Å². The van der Waals surface area contributed by atoms with Gasteiger partial charge < -0.3 is 4.74 Å². The number of fused-ring (bicyclic) bond motifs is 1. The Bertz CT molecular complexity index is 1050. The van der Waals surface area contributed by atoms with Crippen molar-refractivity contribution in [2.75, 3.05) is 6.26 Å². The topological polar surface area (TPSA) is 46.8 Å². The highest BCUT2D eigenvalue weighted by Crippen LogP contribution is 2.41. The highest BCUT2D eigenvalue weighted by atomic mass is 32.2. The summed E-state index contributed by atoms with van der Waals surface area (Å²) in [6.07, 6.45) is -0.891. The predicted octanol–water partition coefficient (Wildman–Crippen LogP) is 5.60. The predicted molar refractivity (Wildman–Crippen MR) is 105 cm³/mol. The summed E-state index contributed by atoms with van der Waals surface area (Å²) < 4.78 is 75.4. The van der Waals surface area contributed by atoms with Gasteiger partial charge in [0.05, 0.1) is 11.2 Å². The lowest BCUT2D eigenvalue weighted by molar-refractivity contribution is -0.225. The Morgan fingerprint density at radius 3 is 2.37 bits per heavy atom. The first kappa shape index (κ1) is 22.1. The van der Waals surface area contributed by atoms with E-state index in [1.165, 1.54) is 12.5 Å². The molecule has 2 heterocycles. The number of carbonyl (C=O) groups excluding carboxylic acids is 1.